The number of aromatic nitrogens is 3. The molecule has 1 aromatic carbocycles. The van der Waals surface area contributed by atoms with Crippen molar-refractivity contribution in [3.05, 3.63) is 47.5 Å². The number of fused-ring (bicyclic) bond motifs is 1. The minimum Gasteiger partial charge on any atom is -0.484 e. The fraction of sp³-hybridized carbons (Fsp3) is 0.167. The maximum atomic E-state index is 12.5. The highest BCUT2D eigenvalue weighted by atomic mass is 16.5. The van der Waals surface area contributed by atoms with Gasteiger partial charge in [-0.15, -0.1) is 0 Å². The van der Waals surface area contributed by atoms with Gasteiger partial charge in [0.1, 0.15) is 24.2 Å². The predicted octanol–water partition coefficient (Wildman–Crippen LogP) is 1.32. The Hall–Kier alpha value is -3.75. The molecule has 3 aromatic rings. The Bertz CT molecular complexity index is 999. The Morgan fingerprint density at radius 2 is 2.15 bits per heavy atom. The fourth-order valence-corrected chi connectivity index (χ4v) is 2.62. The number of amides is 1. The van der Waals surface area contributed by atoms with Crippen molar-refractivity contribution in [2.24, 2.45) is 0 Å². The SMILES string of the molecule is CNc1cc(CNC(=O)c2ncnc3c(C=O)c[nH]c23)ccc1OCC=O. The van der Waals surface area contributed by atoms with Crippen LogP contribution >= 0.6 is 0 Å². The van der Waals surface area contributed by atoms with E-state index in [0.717, 1.165) is 5.56 Å². The van der Waals surface area contributed by atoms with E-state index in [1.807, 2.05) is 6.07 Å². The first-order valence-electron chi connectivity index (χ1n) is 8.10. The molecule has 1 amide bonds. The molecule has 0 aliphatic rings. The normalized spacial score (nSPS) is 10.4. The van der Waals surface area contributed by atoms with Gasteiger partial charge in [-0.2, -0.15) is 0 Å². The van der Waals surface area contributed by atoms with Gasteiger partial charge in [-0.3, -0.25) is 14.4 Å². The molecule has 2 heterocycles. The first-order chi connectivity index (χ1) is 13.2. The third kappa shape index (κ3) is 3.76. The topological polar surface area (TPSA) is 126 Å². The Labute approximate surface area is 154 Å². The molecule has 0 saturated carbocycles. The zero-order valence-electron chi connectivity index (χ0n) is 14.5. The number of aromatic amines is 1. The number of aldehydes is 2. The largest absolute Gasteiger partial charge is 0.484 e. The standard InChI is InChI=1S/C18H17N5O4/c1-19-13-6-11(2-3-14(13)27-5-4-24)7-21-18(26)17-16-15(22-10-23-17)12(9-25)8-20-16/h2-4,6,8-10,19-20H,5,7H2,1H3,(H,21,26). The maximum Gasteiger partial charge on any atom is 0.272 e. The van der Waals surface area contributed by atoms with Gasteiger partial charge in [0.05, 0.1) is 16.8 Å². The molecule has 3 N–H and O–H groups in total. The van der Waals surface area contributed by atoms with Crippen LogP contribution < -0.4 is 15.4 Å². The number of benzene rings is 1. The number of nitrogens with one attached hydrogen (secondary N) is 3. The van der Waals surface area contributed by atoms with E-state index in [0.29, 0.717) is 40.6 Å². The van der Waals surface area contributed by atoms with Crippen LogP contribution in [0.3, 0.4) is 0 Å². The maximum absolute atomic E-state index is 12.5. The molecule has 9 nitrogen and oxygen atoms in total. The van der Waals surface area contributed by atoms with Crippen molar-refractivity contribution in [3.63, 3.8) is 0 Å². The first-order valence-corrected chi connectivity index (χ1v) is 8.10. The van der Waals surface area contributed by atoms with E-state index in [1.54, 1.807) is 19.2 Å². The minimum absolute atomic E-state index is 0.0343. The summed E-state index contributed by atoms with van der Waals surface area (Å²) in [6.07, 6.45) is 4.07. The summed E-state index contributed by atoms with van der Waals surface area (Å²) in [5.74, 6) is 0.152. The van der Waals surface area contributed by atoms with Crippen LogP contribution in [0, 0.1) is 0 Å². The molecule has 27 heavy (non-hydrogen) atoms. The second-order valence-electron chi connectivity index (χ2n) is 5.55. The summed E-state index contributed by atoms with van der Waals surface area (Å²) in [6.45, 7) is 0.224. The van der Waals surface area contributed by atoms with Gasteiger partial charge < -0.3 is 20.4 Å². The minimum atomic E-state index is -0.394. The number of nitrogens with zero attached hydrogens (tertiary/aromatic N) is 2. The number of hydrogen-bond acceptors (Lipinski definition) is 7. The quantitative estimate of drug-likeness (QED) is 0.513. The van der Waals surface area contributed by atoms with E-state index < -0.39 is 5.91 Å². The number of anilines is 1. The van der Waals surface area contributed by atoms with Crippen LogP contribution in [0.5, 0.6) is 5.75 Å². The molecule has 3 rings (SSSR count). The third-order valence-corrected chi connectivity index (χ3v) is 3.91. The third-order valence-electron chi connectivity index (χ3n) is 3.91. The monoisotopic (exact) mass is 367 g/mol. The van der Waals surface area contributed by atoms with Crippen LogP contribution in [0.4, 0.5) is 5.69 Å². The lowest BCUT2D eigenvalue weighted by atomic mass is 10.1. The highest BCUT2D eigenvalue weighted by molar-refractivity contribution is 6.06. The summed E-state index contributed by atoms with van der Waals surface area (Å²) in [5.41, 5.74) is 2.87. The van der Waals surface area contributed by atoms with E-state index in [4.69, 9.17) is 4.74 Å². The second kappa shape index (κ2) is 8.09. The van der Waals surface area contributed by atoms with E-state index >= 15 is 0 Å². The van der Waals surface area contributed by atoms with Crippen molar-refractivity contribution in [2.75, 3.05) is 19.0 Å². The number of H-pyrrole nitrogens is 1. The van der Waals surface area contributed by atoms with E-state index in [-0.39, 0.29) is 18.8 Å². The van der Waals surface area contributed by atoms with Gasteiger partial charge in [0, 0.05) is 19.8 Å². The second-order valence-corrected chi connectivity index (χ2v) is 5.55. The van der Waals surface area contributed by atoms with Gasteiger partial charge in [-0.25, -0.2) is 9.97 Å². The predicted molar refractivity (Wildman–Crippen MR) is 98.0 cm³/mol. The van der Waals surface area contributed by atoms with Crippen molar-refractivity contribution in [1.29, 1.82) is 0 Å². The summed E-state index contributed by atoms with van der Waals surface area (Å²) in [4.78, 5) is 44.9. The Kier molecular flexibility index (Phi) is 5.41. The van der Waals surface area contributed by atoms with Gasteiger partial charge in [-0.1, -0.05) is 6.07 Å². The molecule has 0 aliphatic carbocycles. The molecule has 0 unspecified atom stereocenters. The number of ether oxygens (including phenoxy) is 1. The molecule has 9 heteroatoms. The molecule has 2 aromatic heterocycles. The van der Waals surface area contributed by atoms with Crippen LogP contribution in [0.1, 0.15) is 26.4 Å². The number of carbonyl (C=O) groups is 3. The van der Waals surface area contributed by atoms with Crippen molar-refractivity contribution in [2.45, 2.75) is 6.54 Å². The molecule has 0 radical (unpaired) electrons. The molecular weight excluding hydrogens is 350 g/mol. The highest BCUT2D eigenvalue weighted by Crippen LogP contribution is 2.25. The van der Waals surface area contributed by atoms with Crippen LogP contribution in [0.15, 0.2) is 30.7 Å². The molecule has 0 saturated heterocycles. The highest BCUT2D eigenvalue weighted by Gasteiger charge is 2.16. The molecule has 0 atom stereocenters. The molecule has 138 valence electrons. The Morgan fingerprint density at radius 3 is 2.89 bits per heavy atom. The Balaban J connectivity index is 1.75. The molecule has 0 spiro atoms. The summed E-state index contributed by atoms with van der Waals surface area (Å²) >= 11 is 0. The molecule has 0 bridgehead atoms. The van der Waals surface area contributed by atoms with E-state index in [1.165, 1.54) is 12.5 Å². The van der Waals surface area contributed by atoms with Crippen molar-refractivity contribution < 1.29 is 19.1 Å². The molecule has 0 fully saturated rings. The average Bonchev–Trinajstić information content (AvgIpc) is 3.13. The number of hydrogen-bond donors (Lipinski definition) is 3. The van der Waals surface area contributed by atoms with Crippen LogP contribution in [-0.4, -0.2) is 47.1 Å². The zero-order valence-corrected chi connectivity index (χ0v) is 14.5. The van der Waals surface area contributed by atoms with Crippen molar-refractivity contribution >= 4 is 35.2 Å². The first kappa shape index (κ1) is 18.1. The smallest absolute Gasteiger partial charge is 0.272 e. The summed E-state index contributed by atoms with van der Waals surface area (Å²) in [5, 5.41) is 5.77. The molecular formula is C18H17N5O4. The van der Waals surface area contributed by atoms with Crippen LogP contribution in [0.2, 0.25) is 0 Å². The van der Waals surface area contributed by atoms with E-state index in [2.05, 4.69) is 25.6 Å². The van der Waals surface area contributed by atoms with Crippen molar-refractivity contribution in [3.8, 4) is 5.75 Å². The van der Waals surface area contributed by atoms with Gasteiger partial charge in [0.2, 0.25) is 0 Å². The molecule has 0 aliphatic heterocycles. The number of carbonyl (C=O) groups excluding carboxylic acids is 3. The fourth-order valence-electron chi connectivity index (χ4n) is 2.62. The van der Waals surface area contributed by atoms with Gasteiger partial charge in [0.15, 0.2) is 18.3 Å². The summed E-state index contributed by atoms with van der Waals surface area (Å²) in [7, 11) is 1.74. The van der Waals surface area contributed by atoms with Gasteiger partial charge in [0.25, 0.3) is 5.91 Å². The lowest BCUT2D eigenvalue weighted by Crippen LogP contribution is -2.24. The van der Waals surface area contributed by atoms with Gasteiger partial charge >= 0.3 is 0 Å². The number of rotatable bonds is 8. The average molecular weight is 367 g/mol. The van der Waals surface area contributed by atoms with E-state index in [9.17, 15) is 14.4 Å². The summed E-state index contributed by atoms with van der Waals surface area (Å²) in [6, 6.07) is 5.33. The lowest BCUT2D eigenvalue weighted by molar-refractivity contribution is -0.109. The van der Waals surface area contributed by atoms with Crippen LogP contribution in [0.25, 0.3) is 11.0 Å². The van der Waals surface area contributed by atoms with Crippen molar-refractivity contribution in [1.82, 2.24) is 20.3 Å². The lowest BCUT2D eigenvalue weighted by Gasteiger charge is -2.12. The zero-order chi connectivity index (χ0) is 19.2. The van der Waals surface area contributed by atoms with Gasteiger partial charge in [-0.05, 0) is 17.7 Å². The Morgan fingerprint density at radius 1 is 1.30 bits per heavy atom. The van der Waals surface area contributed by atoms with Crippen LogP contribution in [-0.2, 0) is 11.3 Å². The summed E-state index contributed by atoms with van der Waals surface area (Å²) < 4.78 is 5.32.